The van der Waals surface area contributed by atoms with Gasteiger partial charge in [0.1, 0.15) is 19.0 Å². The van der Waals surface area contributed by atoms with Crippen LogP contribution in [0.5, 0.6) is 17.2 Å². The number of nitrogens with one attached hydrogen (secondary N) is 1. The zero-order valence-corrected chi connectivity index (χ0v) is 11.6. The molecule has 0 amide bonds. The zero-order valence-electron chi connectivity index (χ0n) is 10.0. The first-order valence-corrected chi connectivity index (χ1v) is 7.08. The van der Waals surface area contributed by atoms with Crippen LogP contribution in [-0.2, 0) is 0 Å². The fourth-order valence-electron chi connectivity index (χ4n) is 2.66. The lowest BCUT2D eigenvalue weighted by atomic mass is 9.88. The molecular formula is C13H16BrNO3. The van der Waals surface area contributed by atoms with E-state index in [0.717, 1.165) is 43.0 Å². The monoisotopic (exact) mass is 313 g/mol. The summed E-state index contributed by atoms with van der Waals surface area (Å²) in [5.74, 6) is 2.10. The molecule has 0 spiro atoms. The highest BCUT2D eigenvalue weighted by molar-refractivity contribution is 9.10. The number of aromatic hydroxyl groups is 1. The lowest BCUT2D eigenvalue weighted by Crippen LogP contribution is -2.27. The van der Waals surface area contributed by atoms with Crippen LogP contribution in [0.25, 0.3) is 0 Å². The van der Waals surface area contributed by atoms with Crippen molar-refractivity contribution in [2.45, 2.75) is 18.8 Å². The standard InChI is InChI=1S/C13H16BrNO3/c14-9-7-10-13(18-6-5-17-10)11(12(9)16)8-1-3-15-4-2-8/h7-8,15-16H,1-6H2. The molecule has 4 nitrogen and oxygen atoms in total. The van der Waals surface area contributed by atoms with Crippen LogP contribution in [-0.4, -0.2) is 31.4 Å². The summed E-state index contributed by atoms with van der Waals surface area (Å²) >= 11 is 3.39. The number of fused-ring (bicyclic) bond motifs is 1. The molecule has 18 heavy (non-hydrogen) atoms. The third kappa shape index (κ3) is 2.06. The van der Waals surface area contributed by atoms with Gasteiger partial charge in [-0.3, -0.25) is 0 Å². The van der Waals surface area contributed by atoms with Crippen LogP contribution in [0.1, 0.15) is 24.3 Å². The van der Waals surface area contributed by atoms with Gasteiger partial charge in [0, 0.05) is 11.6 Å². The molecule has 0 aliphatic carbocycles. The van der Waals surface area contributed by atoms with Gasteiger partial charge < -0.3 is 19.9 Å². The molecule has 1 aromatic rings. The van der Waals surface area contributed by atoms with Gasteiger partial charge in [0.05, 0.1) is 4.47 Å². The second-order valence-electron chi connectivity index (χ2n) is 4.67. The second-order valence-corrected chi connectivity index (χ2v) is 5.52. The van der Waals surface area contributed by atoms with Crippen molar-refractivity contribution < 1.29 is 14.6 Å². The van der Waals surface area contributed by atoms with E-state index in [1.165, 1.54) is 0 Å². The van der Waals surface area contributed by atoms with Crippen molar-refractivity contribution in [2.75, 3.05) is 26.3 Å². The molecule has 2 aliphatic heterocycles. The van der Waals surface area contributed by atoms with E-state index in [1.807, 2.05) is 0 Å². The van der Waals surface area contributed by atoms with Gasteiger partial charge in [0.25, 0.3) is 0 Å². The summed E-state index contributed by atoms with van der Waals surface area (Å²) in [6.45, 7) is 3.07. The summed E-state index contributed by atoms with van der Waals surface area (Å²) in [4.78, 5) is 0. The van der Waals surface area contributed by atoms with Gasteiger partial charge >= 0.3 is 0 Å². The molecule has 98 valence electrons. The Morgan fingerprint density at radius 1 is 1.22 bits per heavy atom. The molecule has 2 N–H and O–H groups in total. The molecule has 1 saturated heterocycles. The van der Waals surface area contributed by atoms with Crippen LogP contribution < -0.4 is 14.8 Å². The number of hydrogen-bond acceptors (Lipinski definition) is 4. The SMILES string of the molecule is Oc1c(Br)cc2c(c1C1CCNCC1)OCCO2. The fraction of sp³-hybridized carbons (Fsp3) is 0.538. The van der Waals surface area contributed by atoms with Gasteiger partial charge in [-0.1, -0.05) is 0 Å². The molecule has 1 fully saturated rings. The maximum atomic E-state index is 10.3. The van der Waals surface area contributed by atoms with Crippen LogP contribution in [0, 0.1) is 0 Å². The molecule has 1 aromatic carbocycles. The number of rotatable bonds is 1. The van der Waals surface area contributed by atoms with Crippen molar-refractivity contribution in [1.82, 2.24) is 5.32 Å². The van der Waals surface area contributed by atoms with Gasteiger partial charge in [-0.15, -0.1) is 0 Å². The minimum atomic E-state index is 0.297. The Bertz CT molecular complexity index is 458. The molecule has 0 bridgehead atoms. The Labute approximate surface area is 114 Å². The van der Waals surface area contributed by atoms with Crippen LogP contribution in [0.4, 0.5) is 0 Å². The first-order chi connectivity index (χ1) is 8.77. The smallest absolute Gasteiger partial charge is 0.168 e. The van der Waals surface area contributed by atoms with Crippen LogP contribution in [0.2, 0.25) is 0 Å². The lowest BCUT2D eigenvalue weighted by molar-refractivity contribution is 0.167. The molecule has 5 heteroatoms. The summed E-state index contributed by atoms with van der Waals surface area (Å²) in [6, 6.07) is 1.79. The number of piperidine rings is 1. The molecular weight excluding hydrogens is 298 g/mol. The molecule has 3 rings (SSSR count). The van der Waals surface area contributed by atoms with E-state index in [4.69, 9.17) is 9.47 Å². The molecule has 2 heterocycles. The Hall–Kier alpha value is -0.940. The normalized spacial score (nSPS) is 19.8. The van der Waals surface area contributed by atoms with Crippen LogP contribution in [0.3, 0.4) is 0 Å². The van der Waals surface area contributed by atoms with E-state index >= 15 is 0 Å². The number of hydrogen-bond donors (Lipinski definition) is 2. The number of ether oxygens (including phenoxy) is 2. The van der Waals surface area contributed by atoms with Crippen LogP contribution >= 0.6 is 15.9 Å². The minimum absolute atomic E-state index is 0.297. The predicted octanol–water partition coefficient (Wildman–Crippen LogP) is 2.39. The van der Waals surface area contributed by atoms with Gasteiger partial charge in [-0.25, -0.2) is 0 Å². The van der Waals surface area contributed by atoms with Gasteiger partial charge in [0.15, 0.2) is 11.5 Å². The summed E-state index contributed by atoms with van der Waals surface area (Å²) in [6.07, 6.45) is 2.03. The Morgan fingerprint density at radius 2 is 1.94 bits per heavy atom. The Balaban J connectivity index is 2.07. The molecule has 0 saturated carbocycles. The predicted molar refractivity (Wildman–Crippen MR) is 71.6 cm³/mol. The van der Waals surface area contributed by atoms with E-state index in [9.17, 15) is 5.11 Å². The lowest BCUT2D eigenvalue weighted by Gasteiger charge is -2.29. The Kier molecular flexibility index (Phi) is 3.35. The maximum absolute atomic E-state index is 10.3. The van der Waals surface area contributed by atoms with E-state index in [0.29, 0.717) is 29.4 Å². The zero-order chi connectivity index (χ0) is 12.5. The largest absolute Gasteiger partial charge is 0.506 e. The molecule has 0 atom stereocenters. The Morgan fingerprint density at radius 3 is 2.72 bits per heavy atom. The summed E-state index contributed by atoms with van der Waals surface area (Å²) in [7, 11) is 0. The van der Waals surface area contributed by atoms with E-state index in [-0.39, 0.29) is 0 Å². The maximum Gasteiger partial charge on any atom is 0.168 e. The number of phenols is 1. The number of phenolic OH excluding ortho intramolecular Hbond substituents is 1. The fourth-order valence-corrected chi connectivity index (χ4v) is 3.08. The first-order valence-electron chi connectivity index (χ1n) is 6.29. The molecule has 0 radical (unpaired) electrons. The quantitative estimate of drug-likeness (QED) is 0.836. The number of halogens is 1. The van der Waals surface area contributed by atoms with Gasteiger partial charge in [0.2, 0.25) is 0 Å². The van der Waals surface area contributed by atoms with Crippen molar-refractivity contribution in [3.63, 3.8) is 0 Å². The summed E-state index contributed by atoms with van der Waals surface area (Å²) < 4.78 is 12.0. The van der Waals surface area contributed by atoms with E-state index in [2.05, 4.69) is 21.2 Å². The highest BCUT2D eigenvalue weighted by atomic mass is 79.9. The first kappa shape index (κ1) is 12.1. The van der Waals surface area contributed by atoms with Crippen molar-refractivity contribution in [1.29, 1.82) is 0 Å². The van der Waals surface area contributed by atoms with E-state index < -0.39 is 0 Å². The average Bonchev–Trinajstić information content (AvgIpc) is 2.41. The third-order valence-electron chi connectivity index (χ3n) is 3.54. The highest BCUT2D eigenvalue weighted by Crippen LogP contribution is 2.48. The van der Waals surface area contributed by atoms with Crippen LogP contribution in [0.15, 0.2) is 10.5 Å². The van der Waals surface area contributed by atoms with Gasteiger partial charge in [-0.05, 0) is 47.8 Å². The van der Waals surface area contributed by atoms with Gasteiger partial charge in [-0.2, -0.15) is 0 Å². The molecule has 2 aliphatic rings. The minimum Gasteiger partial charge on any atom is -0.506 e. The summed E-state index contributed by atoms with van der Waals surface area (Å²) in [5, 5.41) is 13.6. The third-order valence-corrected chi connectivity index (χ3v) is 4.15. The topological polar surface area (TPSA) is 50.7 Å². The molecule has 0 unspecified atom stereocenters. The average molecular weight is 314 g/mol. The highest BCUT2D eigenvalue weighted by Gasteiger charge is 2.28. The number of benzene rings is 1. The van der Waals surface area contributed by atoms with Crippen molar-refractivity contribution in [3.05, 3.63) is 16.1 Å². The second kappa shape index (κ2) is 4.97. The van der Waals surface area contributed by atoms with Crippen molar-refractivity contribution in [3.8, 4) is 17.2 Å². The molecule has 0 aromatic heterocycles. The summed E-state index contributed by atoms with van der Waals surface area (Å²) in [5.41, 5.74) is 0.903. The van der Waals surface area contributed by atoms with Crippen molar-refractivity contribution >= 4 is 15.9 Å². The van der Waals surface area contributed by atoms with Crippen molar-refractivity contribution in [2.24, 2.45) is 0 Å². The van der Waals surface area contributed by atoms with E-state index in [1.54, 1.807) is 6.07 Å².